The summed E-state index contributed by atoms with van der Waals surface area (Å²) in [6.45, 7) is 5.74. The average Bonchev–Trinajstić information content (AvgIpc) is 2.99. The van der Waals surface area contributed by atoms with Crippen molar-refractivity contribution in [3.63, 3.8) is 0 Å². The zero-order chi connectivity index (χ0) is 15.4. The second kappa shape index (κ2) is 8.64. The third-order valence-electron chi connectivity index (χ3n) is 4.77. The number of morpholine rings is 1. The molecular weight excluding hydrogens is 314 g/mol. The molecule has 0 saturated carbocycles. The molecule has 5 nitrogen and oxygen atoms in total. The number of likely N-dealkylation sites (tertiary alicyclic amines) is 1. The lowest BCUT2D eigenvalue weighted by molar-refractivity contribution is -0.136. The molecule has 2 N–H and O–H groups in total. The van der Waals surface area contributed by atoms with E-state index in [4.69, 9.17) is 10.5 Å². The fraction of sp³-hybridized carbons (Fsp3) is 0.588. The third-order valence-corrected chi connectivity index (χ3v) is 4.77. The van der Waals surface area contributed by atoms with E-state index >= 15 is 0 Å². The average molecular weight is 340 g/mol. The van der Waals surface area contributed by atoms with Crippen molar-refractivity contribution in [2.75, 3.05) is 52.5 Å². The Morgan fingerprint density at radius 1 is 1.17 bits per heavy atom. The van der Waals surface area contributed by atoms with Gasteiger partial charge in [-0.05, 0) is 18.0 Å². The fourth-order valence-corrected chi connectivity index (χ4v) is 3.51. The van der Waals surface area contributed by atoms with E-state index in [-0.39, 0.29) is 18.3 Å². The summed E-state index contributed by atoms with van der Waals surface area (Å²) in [4.78, 5) is 16.6. The number of nitrogens with two attached hydrogens (primary N) is 1. The first-order valence-electron chi connectivity index (χ1n) is 8.11. The van der Waals surface area contributed by atoms with Crippen molar-refractivity contribution in [3.05, 3.63) is 35.9 Å². The topological polar surface area (TPSA) is 58.8 Å². The molecule has 128 valence electrons. The van der Waals surface area contributed by atoms with Gasteiger partial charge in [-0.2, -0.15) is 0 Å². The summed E-state index contributed by atoms with van der Waals surface area (Å²) < 4.78 is 5.31. The van der Waals surface area contributed by atoms with Gasteiger partial charge in [0.25, 0.3) is 0 Å². The van der Waals surface area contributed by atoms with Crippen molar-refractivity contribution in [1.82, 2.24) is 9.80 Å². The van der Waals surface area contributed by atoms with Crippen LogP contribution in [0.15, 0.2) is 30.3 Å². The van der Waals surface area contributed by atoms with Gasteiger partial charge in [0, 0.05) is 32.1 Å². The number of amides is 1. The van der Waals surface area contributed by atoms with E-state index < -0.39 is 0 Å². The number of nitrogens with zero attached hydrogens (tertiary/aromatic N) is 2. The fourth-order valence-electron chi connectivity index (χ4n) is 3.51. The van der Waals surface area contributed by atoms with Crippen LogP contribution in [0.4, 0.5) is 0 Å². The maximum Gasteiger partial charge on any atom is 0.236 e. The molecule has 0 radical (unpaired) electrons. The molecular formula is C17H26ClN3O2. The number of benzene rings is 1. The Balaban J connectivity index is 0.00000192. The molecule has 1 aromatic rings. The SMILES string of the molecule is Cl.NC[C@@H]1CN(CC(=O)N2CCOCC2)C[C@H]1c1ccccc1. The van der Waals surface area contributed by atoms with E-state index in [1.54, 1.807) is 0 Å². The molecule has 1 aromatic carbocycles. The molecule has 2 saturated heterocycles. The second-order valence-electron chi connectivity index (χ2n) is 6.20. The lowest BCUT2D eigenvalue weighted by atomic mass is 9.89. The summed E-state index contributed by atoms with van der Waals surface area (Å²) in [6.07, 6.45) is 0. The Morgan fingerprint density at radius 3 is 2.52 bits per heavy atom. The third kappa shape index (κ3) is 4.44. The van der Waals surface area contributed by atoms with E-state index in [1.165, 1.54) is 5.56 Å². The lowest BCUT2D eigenvalue weighted by Crippen LogP contribution is -2.45. The van der Waals surface area contributed by atoms with E-state index in [1.807, 2.05) is 11.0 Å². The molecule has 2 heterocycles. The molecule has 2 atom stereocenters. The number of carbonyl (C=O) groups excluding carboxylic acids is 1. The largest absolute Gasteiger partial charge is 0.378 e. The van der Waals surface area contributed by atoms with E-state index in [9.17, 15) is 4.79 Å². The number of halogens is 1. The lowest BCUT2D eigenvalue weighted by Gasteiger charge is -2.28. The zero-order valence-electron chi connectivity index (χ0n) is 13.4. The van der Waals surface area contributed by atoms with Crippen molar-refractivity contribution in [2.24, 2.45) is 11.7 Å². The molecule has 0 aliphatic carbocycles. The van der Waals surface area contributed by atoms with Gasteiger partial charge >= 0.3 is 0 Å². The standard InChI is InChI=1S/C17H25N3O2.ClH/c18-10-15-11-19(12-16(15)14-4-2-1-3-5-14)13-17(21)20-6-8-22-9-7-20;/h1-5,15-16H,6-13,18H2;1H/t15-,16+;/m1./s1. The Bertz CT molecular complexity index is 494. The van der Waals surface area contributed by atoms with Crippen LogP contribution in [0.3, 0.4) is 0 Å². The monoisotopic (exact) mass is 339 g/mol. The van der Waals surface area contributed by atoms with Crippen LogP contribution in [0.1, 0.15) is 11.5 Å². The smallest absolute Gasteiger partial charge is 0.236 e. The van der Waals surface area contributed by atoms with Crippen molar-refractivity contribution >= 4 is 18.3 Å². The normalized spacial score (nSPS) is 25.2. The van der Waals surface area contributed by atoms with Gasteiger partial charge in [0.2, 0.25) is 5.91 Å². The molecule has 23 heavy (non-hydrogen) atoms. The van der Waals surface area contributed by atoms with Crippen LogP contribution in [-0.4, -0.2) is 68.2 Å². The molecule has 2 aliphatic rings. The van der Waals surface area contributed by atoms with Crippen LogP contribution in [0, 0.1) is 5.92 Å². The highest BCUT2D eigenvalue weighted by Crippen LogP contribution is 2.31. The van der Waals surface area contributed by atoms with Crippen LogP contribution in [0.2, 0.25) is 0 Å². The van der Waals surface area contributed by atoms with E-state index in [2.05, 4.69) is 29.2 Å². The molecule has 1 amide bonds. The molecule has 3 rings (SSSR count). The van der Waals surface area contributed by atoms with E-state index in [0.717, 1.165) is 26.2 Å². The number of hydrogen-bond acceptors (Lipinski definition) is 4. The Labute approximate surface area is 144 Å². The summed E-state index contributed by atoms with van der Waals surface area (Å²) in [5, 5.41) is 0. The first-order chi connectivity index (χ1) is 10.8. The van der Waals surface area contributed by atoms with Gasteiger partial charge in [0.1, 0.15) is 0 Å². The van der Waals surface area contributed by atoms with Crippen LogP contribution >= 0.6 is 12.4 Å². The van der Waals surface area contributed by atoms with Gasteiger partial charge < -0.3 is 15.4 Å². The van der Waals surface area contributed by atoms with Crippen molar-refractivity contribution < 1.29 is 9.53 Å². The first-order valence-corrected chi connectivity index (χ1v) is 8.11. The molecule has 0 bridgehead atoms. The van der Waals surface area contributed by atoms with Gasteiger partial charge in [-0.25, -0.2) is 0 Å². The van der Waals surface area contributed by atoms with Crippen molar-refractivity contribution in [2.45, 2.75) is 5.92 Å². The van der Waals surface area contributed by atoms with Gasteiger partial charge in [-0.3, -0.25) is 9.69 Å². The molecule has 6 heteroatoms. The minimum Gasteiger partial charge on any atom is -0.378 e. The van der Waals surface area contributed by atoms with Gasteiger partial charge in [-0.1, -0.05) is 30.3 Å². The summed E-state index contributed by atoms with van der Waals surface area (Å²) in [6, 6.07) is 10.5. The van der Waals surface area contributed by atoms with Gasteiger partial charge in [-0.15, -0.1) is 12.4 Å². The zero-order valence-corrected chi connectivity index (χ0v) is 14.2. The Kier molecular flexibility index (Phi) is 6.84. The molecule has 0 spiro atoms. The number of ether oxygens (including phenoxy) is 1. The van der Waals surface area contributed by atoms with Crippen LogP contribution in [0.25, 0.3) is 0 Å². The molecule has 2 fully saturated rings. The number of hydrogen-bond donors (Lipinski definition) is 1. The van der Waals surface area contributed by atoms with Gasteiger partial charge in [0.05, 0.1) is 19.8 Å². The summed E-state index contributed by atoms with van der Waals surface area (Å²) >= 11 is 0. The van der Waals surface area contributed by atoms with Crippen molar-refractivity contribution in [1.29, 1.82) is 0 Å². The predicted octanol–water partition coefficient (Wildman–Crippen LogP) is 0.941. The quantitative estimate of drug-likeness (QED) is 0.887. The summed E-state index contributed by atoms with van der Waals surface area (Å²) in [5.74, 6) is 1.08. The Hall–Kier alpha value is -1.14. The second-order valence-corrected chi connectivity index (χ2v) is 6.20. The Morgan fingerprint density at radius 2 is 1.87 bits per heavy atom. The highest BCUT2D eigenvalue weighted by Gasteiger charge is 2.34. The minimum absolute atomic E-state index is 0. The predicted molar refractivity (Wildman–Crippen MR) is 92.8 cm³/mol. The van der Waals surface area contributed by atoms with Crippen LogP contribution < -0.4 is 5.73 Å². The summed E-state index contributed by atoms with van der Waals surface area (Å²) in [5.41, 5.74) is 7.29. The molecule has 2 aliphatic heterocycles. The minimum atomic E-state index is 0. The van der Waals surface area contributed by atoms with E-state index in [0.29, 0.717) is 38.1 Å². The summed E-state index contributed by atoms with van der Waals surface area (Å²) in [7, 11) is 0. The van der Waals surface area contributed by atoms with Gasteiger partial charge in [0.15, 0.2) is 0 Å². The first kappa shape index (κ1) is 18.2. The van der Waals surface area contributed by atoms with Crippen LogP contribution in [0.5, 0.6) is 0 Å². The molecule has 0 aromatic heterocycles. The highest BCUT2D eigenvalue weighted by molar-refractivity contribution is 5.85. The number of carbonyl (C=O) groups is 1. The van der Waals surface area contributed by atoms with Crippen molar-refractivity contribution in [3.8, 4) is 0 Å². The highest BCUT2D eigenvalue weighted by atomic mass is 35.5. The molecule has 0 unspecified atom stereocenters. The maximum absolute atomic E-state index is 12.4. The number of rotatable bonds is 4. The maximum atomic E-state index is 12.4. The van der Waals surface area contributed by atoms with Crippen LogP contribution in [-0.2, 0) is 9.53 Å².